The molecule has 0 saturated heterocycles. The fourth-order valence-electron chi connectivity index (χ4n) is 0. The van der Waals surface area contributed by atoms with Crippen LogP contribution in [0.2, 0.25) is 0 Å². The predicted molar refractivity (Wildman–Crippen MR) is 30.8 cm³/mol. The lowest BCUT2D eigenvalue weighted by molar-refractivity contribution is 0.617. The summed E-state index contributed by atoms with van der Waals surface area (Å²) in [5.74, 6) is 12.9. The van der Waals surface area contributed by atoms with Crippen molar-refractivity contribution in [3.05, 3.63) is 0 Å². The summed E-state index contributed by atoms with van der Waals surface area (Å²) in [6, 6.07) is 0.412. The number of hydrogen-bond donors (Lipinski definition) is 4. The summed E-state index contributed by atoms with van der Waals surface area (Å²) in [4.78, 5) is 0. The second-order valence-electron chi connectivity index (χ2n) is 1.32. The first-order valence-electron chi connectivity index (χ1n) is 2.07. The zero-order valence-corrected chi connectivity index (χ0v) is 4.81. The van der Waals surface area contributed by atoms with Gasteiger partial charge in [0.15, 0.2) is 0 Å². The zero-order chi connectivity index (χ0) is 6.28. The lowest BCUT2D eigenvalue weighted by Gasteiger charge is -1.95. The molecule has 0 atom stereocenters. The van der Waals surface area contributed by atoms with Crippen molar-refractivity contribution in [3.63, 3.8) is 0 Å². The van der Waals surface area contributed by atoms with E-state index >= 15 is 0 Å². The topological polar surface area (TPSA) is 90.1 Å². The zero-order valence-electron chi connectivity index (χ0n) is 4.81. The minimum absolute atomic E-state index is 0.412. The molecule has 0 amide bonds. The molecule has 0 aliphatic carbocycles. The van der Waals surface area contributed by atoms with Crippen molar-refractivity contribution in [2.75, 3.05) is 0 Å². The average Bonchev–Trinajstić information content (AvgIpc) is 1.73. The molecule has 0 spiro atoms. The highest BCUT2D eigenvalue weighted by Crippen LogP contribution is 1.64. The quantitative estimate of drug-likeness (QED) is 0.246. The Morgan fingerprint density at radius 1 is 1.29 bits per heavy atom. The number of hydrogen-bond acceptors (Lipinski definition) is 4. The predicted octanol–water partition coefficient (Wildman–Crippen LogP) is -1.32. The Bertz CT molecular complexity index is 20.9. The molecule has 7 heavy (non-hydrogen) atoms. The van der Waals surface area contributed by atoms with E-state index in [1.165, 1.54) is 0 Å². The van der Waals surface area contributed by atoms with Crippen LogP contribution in [0.1, 0.15) is 13.8 Å². The molecule has 0 aromatic carbocycles. The summed E-state index contributed by atoms with van der Waals surface area (Å²) in [5.41, 5.74) is 2.53. The molecule has 0 fully saturated rings. The molecule has 0 bridgehead atoms. The molecule has 0 aliphatic rings. The van der Waals surface area contributed by atoms with Gasteiger partial charge in [-0.3, -0.25) is 23.0 Å². The Morgan fingerprint density at radius 3 is 1.43 bits per heavy atom. The first kappa shape index (κ1) is 9.96. The van der Waals surface area contributed by atoms with Gasteiger partial charge < -0.3 is 0 Å². The number of nitrogens with one attached hydrogen (secondary N) is 1. The molecular formula is C3H14N4. The van der Waals surface area contributed by atoms with Gasteiger partial charge >= 0.3 is 0 Å². The van der Waals surface area contributed by atoms with Gasteiger partial charge in [0.1, 0.15) is 0 Å². The molecule has 0 aliphatic heterocycles. The van der Waals surface area contributed by atoms with Gasteiger partial charge in [0.05, 0.1) is 0 Å². The summed E-state index contributed by atoms with van der Waals surface area (Å²) < 4.78 is 0. The van der Waals surface area contributed by atoms with E-state index in [9.17, 15) is 0 Å². The molecule has 0 unspecified atom stereocenters. The van der Waals surface area contributed by atoms with Gasteiger partial charge in [-0.15, -0.1) is 0 Å². The van der Waals surface area contributed by atoms with Crippen LogP contribution in [-0.4, -0.2) is 6.04 Å². The molecule has 46 valence electrons. The second-order valence-corrected chi connectivity index (χ2v) is 1.32. The molecule has 0 radical (unpaired) electrons. The summed E-state index contributed by atoms with van der Waals surface area (Å²) in [7, 11) is 0. The molecule has 0 saturated carbocycles. The van der Waals surface area contributed by atoms with E-state index < -0.39 is 0 Å². The minimum Gasteiger partial charge on any atom is -0.274 e. The Kier molecular flexibility index (Phi) is 13.2. The van der Waals surface area contributed by atoms with Crippen molar-refractivity contribution < 1.29 is 0 Å². The lowest BCUT2D eigenvalue weighted by atomic mass is 10.4. The molecule has 4 heteroatoms. The largest absolute Gasteiger partial charge is 0.274 e. The van der Waals surface area contributed by atoms with Crippen molar-refractivity contribution in [1.82, 2.24) is 5.43 Å². The van der Waals surface area contributed by atoms with Gasteiger partial charge in [0, 0.05) is 6.04 Å². The Labute approximate surface area is 44.0 Å². The fraction of sp³-hybridized carbons (Fsp3) is 1.00. The van der Waals surface area contributed by atoms with Crippen LogP contribution in [0.3, 0.4) is 0 Å². The summed E-state index contributed by atoms with van der Waals surface area (Å²) >= 11 is 0. The van der Waals surface area contributed by atoms with Crippen LogP contribution in [-0.2, 0) is 0 Å². The number of rotatable bonds is 1. The lowest BCUT2D eigenvalue weighted by Crippen LogP contribution is -2.29. The maximum Gasteiger partial charge on any atom is 0.0153 e. The standard InChI is InChI=1S/C3H10N2.H4N2/c1-3(2)5-4;1-2/h3,5H,4H2,1-2H3;1-2H2. The maximum absolute atomic E-state index is 4.92. The van der Waals surface area contributed by atoms with Gasteiger partial charge in [-0.05, 0) is 13.8 Å². The highest BCUT2D eigenvalue weighted by molar-refractivity contribution is 4.38. The van der Waals surface area contributed by atoms with Crippen molar-refractivity contribution in [3.8, 4) is 0 Å². The van der Waals surface area contributed by atoms with Crippen LogP contribution in [0.5, 0.6) is 0 Å². The van der Waals surface area contributed by atoms with Crippen molar-refractivity contribution in [2.45, 2.75) is 19.9 Å². The van der Waals surface area contributed by atoms with E-state index in [0.717, 1.165) is 0 Å². The average molecular weight is 106 g/mol. The molecular weight excluding hydrogens is 92.1 g/mol. The Morgan fingerprint density at radius 2 is 1.43 bits per heavy atom. The summed E-state index contributed by atoms with van der Waals surface area (Å²) in [6.45, 7) is 3.97. The third kappa shape index (κ3) is 25.4. The molecule has 0 heterocycles. The monoisotopic (exact) mass is 106 g/mol. The van der Waals surface area contributed by atoms with Crippen LogP contribution in [0.4, 0.5) is 0 Å². The third-order valence-electron chi connectivity index (χ3n) is 0.333. The van der Waals surface area contributed by atoms with Gasteiger partial charge in [-0.1, -0.05) is 0 Å². The van der Waals surface area contributed by atoms with Crippen LogP contribution in [0.15, 0.2) is 0 Å². The maximum atomic E-state index is 4.92. The van der Waals surface area contributed by atoms with Crippen LogP contribution in [0, 0.1) is 0 Å². The number of nitrogens with two attached hydrogens (primary N) is 3. The molecule has 4 nitrogen and oxygen atoms in total. The van der Waals surface area contributed by atoms with Gasteiger partial charge in [-0.25, -0.2) is 0 Å². The molecule has 0 rings (SSSR count). The third-order valence-corrected chi connectivity index (χ3v) is 0.333. The summed E-state index contributed by atoms with van der Waals surface area (Å²) in [6.07, 6.45) is 0. The first-order valence-corrected chi connectivity index (χ1v) is 2.07. The van der Waals surface area contributed by atoms with E-state index in [1.54, 1.807) is 0 Å². The van der Waals surface area contributed by atoms with Crippen molar-refractivity contribution in [1.29, 1.82) is 0 Å². The second kappa shape index (κ2) is 9.28. The Balaban J connectivity index is 0. The van der Waals surface area contributed by atoms with E-state index in [-0.39, 0.29) is 0 Å². The normalized spacial score (nSPS) is 7.71. The van der Waals surface area contributed by atoms with Crippen LogP contribution < -0.4 is 23.0 Å². The van der Waals surface area contributed by atoms with Gasteiger partial charge in [0.25, 0.3) is 0 Å². The van der Waals surface area contributed by atoms with Crippen molar-refractivity contribution >= 4 is 0 Å². The molecule has 0 aromatic rings. The highest BCUT2D eigenvalue weighted by Gasteiger charge is 1.77. The highest BCUT2D eigenvalue weighted by atomic mass is 15.2. The minimum atomic E-state index is 0.412. The van der Waals surface area contributed by atoms with Gasteiger partial charge in [-0.2, -0.15) is 0 Å². The van der Waals surface area contributed by atoms with E-state index in [1.807, 2.05) is 13.8 Å². The van der Waals surface area contributed by atoms with E-state index in [4.69, 9.17) is 5.84 Å². The van der Waals surface area contributed by atoms with E-state index in [2.05, 4.69) is 17.1 Å². The molecule has 7 N–H and O–H groups in total. The number of hydrazine groups is 2. The van der Waals surface area contributed by atoms with Crippen molar-refractivity contribution in [2.24, 2.45) is 17.5 Å². The van der Waals surface area contributed by atoms with Gasteiger partial charge in [0.2, 0.25) is 0 Å². The van der Waals surface area contributed by atoms with E-state index in [0.29, 0.717) is 6.04 Å². The summed E-state index contributed by atoms with van der Waals surface area (Å²) in [5, 5.41) is 0. The fourth-order valence-corrected chi connectivity index (χ4v) is 0. The first-order chi connectivity index (χ1) is 3.27. The SMILES string of the molecule is CC(C)NN.NN. The Hall–Kier alpha value is -0.160. The smallest absolute Gasteiger partial charge is 0.0153 e. The van der Waals surface area contributed by atoms with Crippen LogP contribution in [0.25, 0.3) is 0 Å². The van der Waals surface area contributed by atoms with Crippen LogP contribution >= 0.6 is 0 Å². The molecule has 0 aromatic heterocycles.